The van der Waals surface area contributed by atoms with Gasteiger partial charge in [0.05, 0.1) is 12.6 Å². The molecule has 0 saturated carbocycles. The molecule has 2 atom stereocenters. The van der Waals surface area contributed by atoms with Gasteiger partial charge in [0.1, 0.15) is 6.04 Å². The van der Waals surface area contributed by atoms with Crippen molar-refractivity contribution >= 4 is 22.7 Å². The summed E-state index contributed by atoms with van der Waals surface area (Å²) in [6, 6.07) is 11.1. The van der Waals surface area contributed by atoms with Gasteiger partial charge in [-0.3, -0.25) is 14.6 Å². The van der Waals surface area contributed by atoms with Gasteiger partial charge in [-0.2, -0.15) is 0 Å². The molecule has 1 fully saturated rings. The largest absolute Gasteiger partial charge is 0.356 e. The Labute approximate surface area is 150 Å². The van der Waals surface area contributed by atoms with Crippen molar-refractivity contribution in [3.8, 4) is 0 Å². The summed E-state index contributed by atoms with van der Waals surface area (Å²) in [5, 5.41) is 1.12. The molecule has 26 heavy (non-hydrogen) atoms. The Balaban J connectivity index is 1.77. The van der Waals surface area contributed by atoms with Crippen LogP contribution in [-0.2, 0) is 16.0 Å². The normalized spacial score (nSPS) is 22.5. The minimum atomic E-state index is -0.474. The molecule has 0 radical (unpaired) electrons. The number of nitrogens with zero attached hydrogens (tertiary/aromatic N) is 3. The average molecular weight is 346 g/mol. The third-order valence-electron chi connectivity index (χ3n) is 5.45. The number of piperazine rings is 1. The van der Waals surface area contributed by atoms with Crippen molar-refractivity contribution in [1.82, 2.24) is 19.8 Å². The second-order valence-corrected chi connectivity index (χ2v) is 6.97. The fourth-order valence-electron chi connectivity index (χ4n) is 4.29. The molecule has 2 aliphatic rings. The summed E-state index contributed by atoms with van der Waals surface area (Å²) in [6.45, 7) is 0.113. The number of amides is 2. The fraction of sp³-hybridized carbons (Fsp3) is 0.250. The van der Waals surface area contributed by atoms with Crippen molar-refractivity contribution in [2.24, 2.45) is 0 Å². The molecule has 1 aromatic carbocycles. The van der Waals surface area contributed by atoms with Crippen molar-refractivity contribution in [3.63, 3.8) is 0 Å². The molecule has 1 saturated heterocycles. The van der Waals surface area contributed by atoms with Gasteiger partial charge in [0.15, 0.2) is 0 Å². The smallest absolute Gasteiger partial charge is 0.245 e. The molecule has 6 heteroatoms. The van der Waals surface area contributed by atoms with E-state index < -0.39 is 6.04 Å². The van der Waals surface area contributed by atoms with Crippen LogP contribution >= 0.6 is 0 Å². The lowest BCUT2D eigenvalue weighted by Crippen LogP contribution is -2.62. The number of hydrogen-bond acceptors (Lipinski definition) is 3. The number of hydrogen-bond donors (Lipinski definition) is 1. The molecule has 1 N–H and O–H groups in total. The number of fused-ring (bicyclic) bond motifs is 4. The topological polar surface area (TPSA) is 69.3 Å². The number of likely N-dealkylation sites (N-methyl/N-ethyl adjacent to an activating group) is 1. The molecule has 130 valence electrons. The van der Waals surface area contributed by atoms with Crippen LogP contribution in [0, 0.1) is 0 Å². The lowest BCUT2D eigenvalue weighted by molar-refractivity contribution is -0.157. The highest BCUT2D eigenvalue weighted by atomic mass is 16.2. The first-order valence-corrected chi connectivity index (χ1v) is 8.70. The third-order valence-corrected chi connectivity index (χ3v) is 5.45. The Bertz CT molecular complexity index is 1030. The van der Waals surface area contributed by atoms with E-state index in [1.807, 2.05) is 30.3 Å². The number of benzene rings is 1. The van der Waals surface area contributed by atoms with Crippen LogP contribution in [0.1, 0.15) is 22.9 Å². The Hall–Kier alpha value is -3.15. The first-order valence-electron chi connectivity index (χ1n) is 8.70. The Kier molecular flexibility index (Phi) is 3.16. The molecule has 3 aromatic rings. The van der Waals surface area contributed by atoms with Crippen LogP contribution in [0.2, 0.25) is 0 Å². The number of H-pyrrole nitrogens is 1. The Morgan fingerprint density at radius 2 is 2.00 bits per heavy atom. The summed E-state index contributed by atoms with van der Waals surface area (Å²) >= 11 is 0. The Morgan fingerprint density at radius 1 is 1.15 bits per heavy atom. The lowest BCUT2D eigenvalue weighted by Gasteiger charge is -2.46. The maximum atomic E-state index is 12.9. The lowest BCUT2D eigenvalue weighted by atomic mass is 9.87. The highest BCUT2D eigenvalue weighted by Crippen LogP contribution is 2.42. The quantitative estimate of drug-likeness (QED) is 0.731. The minimum Gasteiger partial charge on any atom is -0.356 e. The summed E-state index contributed by atoms with van der Waals surface area (Å²) in [6.07, 6.45) is 4.02. The van der Waals surface area contributed by atoms with E-state index in [1.165, 1.54) is 4.90 Å². The van der Waals surface area contributed by atoms with E-state index in [1.54, 1.807) is 24.3 Å². The molecule has 0 spiro atoms. The molecular weight excluding hydrogens is 328 g/mol. The van der Waals surface area contributed by atoms with Crippen LogP contribution in [0.15, 0.2) is 48.8 Å². The highest BCUT2D eigenvalue weighted by Gasteiger charge is 2.47. The summed E-state index contributed by atoms with van der Waals surface area (Å²) in [5.74, 6) is -0.0373. The van der Waals surface area contributed by atoms with Crippen molar-refractivity contribution in [3.05, 3.63) is 65.6 Å². The first-order chi connectivity index (χ1) is 12.6. The molecule has 0 bridgehead atoms. The van der Waals surface area contributed by atoms with Gasteiger partial charge in [-0.1, -0.05) is 24.3 Å². The van der Waals surface area contributed by atoms with E-state index >= 15 is 0 Å². The molecule has 6 nitrogen and oxygen atoms in total. The third kappa shape index (κ3) is 2.02. The van der Waals surface area contributed by atoms with Crippen molar-refractivity contribution < 1.29 is 9.59 Å². The molecular formula is C20H18N4O2. The van der Waals surface area contributed by atoms with Gasteiger partial charge < -0.3 is 14.8 Å². The second kappa shape index (κ2) is 5.42. The van der Waals surface area contributed by atoms with Gasteiger partial charge >= 0.3 is 0 Å². The molecule has 2 aromatic heterocycles. The summed E-state index contributed by atoms with van der Waals surface area (Å²) in [4.78, 5) is 36.8. The zero-order chi connectivity index (χ0) is 17.8. The number of carbonyl (C=O) groups excluding carboxylic acids is 2. The number of carbonyl (C=O) groups is 2. The maximum absolute atomic E-state index is 12.9. The average Bonchev–Trinajstić information content (AvgIpc) is 3.03. The summed E-state index contributed by atoms with van der Waals surface area (Å²) < 4.78 is 0. The molecule has 4 heterocycles. The van der Waals surface area contributed by atoms with Crippen LogP contribution < -0.4 is 0 Å². The first kappa shape index (κ1) is 15.1. The number of rotatable bonds is 1. The van der Waals surface area contributed by atoms with Crippen LogP contribution in [0.4, 0.5) is 0 Å². The van der Waals surface area contributed by atoms with E-state index in [4.69, 9.17) is 0 Å². The number of aromatic amines is 1. The van der Waals surface area contributed by atoms with E-state index in [-0.39, 0.29) is 24.4 Å². The Morgan fingerprint density at radius 3 is 2.81 bits per heavy atom. The molecule has 5 rings (SSSR count). The zero-order valence-corrected chi connectivity index (χ0v) is 14.3. The SMILES string of the molecule is CN1CC(=O)N2C(c3cccnc3)c3[nH]c4ccccc4c3C[C@@H]2C1=O. The van der Waals surface area contributed by atoms with Crippen LogP contribution in [0.25, 0.3) is 10.9 Å². The van der Waals surface area contributed by atoms with Gasteiger partial charge in [-0.15, -0.1) is 0 Å². The molecule has 2 aliphatic heterocycles. The van der Waals surface area contributed by atoms with E-state index in [0.717, 1.165) is 27.7 Å². The molecule has 1 unspecified atom stereocenters. The van der Waals surface area contributed by atoms with Gasteiger partial charge in [-0.05, 0) is 23.3 Å². The van der Waals surface area contributed by atoms with Gasteiger partial charge in [0, 0.05) is 42.5 Å². The van der Waals surface area contributed by atoms with Gasteiger partial charge in [0.25, 0.3) is 0 Å². The van der Waals surface area contributed by atoms with E-state index in [2.05, 4.69) is 16.0 Å². The monoisotopic (exact) mass is 346 g/mol. The number of para-hydroxylation sites is 1. The van der Waals surface area contributed by atoms with Crippen molar-refractivity contribution in [2.75, 3.05) is 13.6 Å². The van der Waals surface area contributed by atoms with E-state index in [9.17, 15) is 9.59 Å². The summed E-state index contributed by atoms with van der Waals surface area (Å²) in [7, 11) is 1.70. The molecule has 2 amide bonds. The zero-order valence-electron chi connectivity index (χ0n) is 14.3. The van der Waals surface area contributed by atoms with Crippen LogP contribution in [-0.4, -0.2) is 51.2 Å². The maximum Gasteiger partial charge on any atom is 0.245 e. The standard InChI is InChI=1S/C20H18N4O2/c1-23-11-17(25)24-16(20(23)26)9-14-13-6-2-3-7-15(13)22-18(14)19(24)12-5-4-8-21-10-12/h2-8,10,16,19,22H,9,11H2,1H3/t16-,19?/m1/s1. The second-order valence-electron chi connectivity index (χ2n) is 6.97. The number of pyridine rings is 1. The number of nitrogens with one attached hydrogen (secondary N) is 1. The van der Waals surface area contributed by atoms with Gasteiger partial charge in [-0.25, -0.2) is 0 Å². The van der Waals surface area contributed by atoms with Crippen molar-refractivity contribution in [2.45, 2.75) is 18.5 Å². The number of aromatic nitrogens is 2. The predicted octanol–water partition coefficient (Wildman–Crippen LogP) is 1.88. The minimum absolute atomic E-state index is 0.00517. The van der Waals surface area contributed by atoms with Crippen LogP contribution in [0.3, 0.4) is 0 Å². The summed E-state index contributed by atoms with van der Waals surface area (Å²) in [5.41, 5.74) is 4.04. The van der Waals surface area contributed by atoms with Gasteiger partial charge in [0.2, 0.25) is 11.8 Å². The molecule has 0 aliphatic carbocycles. The van der Waals surface area contributed by atoms with E-state index in [0.29, 0.717) is 6.42 Å². The predicted molar refractivity (Wildman–Crippen MR) is 96.4 cm³/mol. The van der Waals surface area contributed by atoms with Crippen LogP contribution in [0.5, 0.6) is 0 Å². The fourth-order valence-corrected chi connectivity index (χ4v) is 4.29. The van der Waals surface area contributed by atoms with Crippen molar-refractivity contribution in [1.29, 1.82) is 0 Å². The highest BCUT2D eigenvalue weighted by molar-refractivity contribution is 5.97.